The molecule has 4 aromatic carbocycles. The van der Waals surface area contributed by atoms with Gasteiger partial charge in [-0.25, -0.2) is 18.4 Å². The van der Waals surface area contributed by atoms with Crippen LogP contribution in [0, 0.1) is 0 Å². The van der Waals surface area contributed by atoms with Crippen molar-refractivity contribution in [2.24, 2.45) is 0 Å². The van der Waals surface area contributed by atoms with Crippen molar-refractivity contribution in [1.82, 2.24) is 15.0 Å². The zero-order valence-corrected chi connectivity index (χ0v) is 27.9. The van der Waals surface area contributed by atoms with Crippen molar-refractivity contribution in [2.75, 3.05) is 24.3 Å². The molecule has 2 aromatic heterocycles. The normalized spacial score (nSPS) is 13.1. The first-order chi connectivity index (χ1) is 24.3. The number of pyridine rings is 1. The summed E-state index contributed by atoms with van der Waals surface area (Å²) < 4.78 is 45.2. The Kier molecular flexibility index (Phi) is 8.84. The molecule has 6 aromatic rings. The van der Waals surface area contributed by atoms with Crippen LogP contribution in [-0.4, -0.2) is 43.5 Å². The number of nitrogens with one attached hydrogen (secondary N) is 2. The predicted octanol–water partition coefficient (Wildman–Crippen LogP) is 7.37. The van der Waals surface area contributed by atoms with Crippen LogP contribution in [0.5, 0.6) is 23.1 Å². The van der Waals surface area contributed by atoms with E-state index in [1.54, 1.807) is 0 Å². The van der Waals surface area contributed by atoms with Gasteiger partial charge in [-0.3, -0.25) is 9.52 Å². The summed E-state index contributed by atoms with van der Waals surface area (Å²) in [6, 6.07) is 30.9. The number of fused-ring (bicyclic) bond motifs is 2. The molecule has 0 unspecified atom stereocenters. The minimum absolute atomic E-state index is 0.0431. The van der Waals surface area contributed by atoms with Crippen molar-refractivity contribution in [3.63, 3.8) is 0 Å². The van der Waals surface area contributed by atoms with Crippen LogP contribution >= 0.6 is 0 Å². The number of carbonyl (C=O) groups excluding carboxylic acids is 1. The van der Waals surface area contributed by atoms with Gasteiger partial charge in [0.2, 0.25) is 5.75 Å². The summed E-state index contributed by atoms with van der Waals surface area (Å²) in [5.74, 6) is 1.22. The number of rotatable bonds is 10. The summed E-state index contributed by atoms with van der Waals surface area (Å²) in [7, 11) is -1.32. The van der Waals surface area contributed by atoms with Crippen LogP contribution in [0.3, 0.4) is 0 Å². The summed E-state index contributed by atoms with van der Waals surface area (Å²) in [4.78, 5) is 26.8. The highest BCUT2D eigenvalue weighted by atomic mass is 32.2. The van der Waals surface area contributed by atoms with E-state index in [1.165, 1.54) is 38.5 Å². The quantitative estimate of drug-likeness (QED) is 0.151. The average Bonchev–Trinajstić information content (AvgIpc) is 3.52. The van der Waals surface area contributed by atoms with Crippen LogP contribution in [0.15, 0.2) is 114 Å². The van der Waals surface area contributed by atoms with Gasteiger partial charge in [0.15, 0.2) is 5.82 Å². The van der Waals surface area contributed by atoms with E-state index in [0.717, 1.165) is 45.6 Å². The van der Waals surface area contributed by atoms with E-state index in [2.05, 4.69) is 26.1 Å². The van der Waals surface area contributed by atoms with Crippen LogP contribution in [0.25, 0.3) is 22.6 Å². The van der Waals surface area contributed by atoms with Gasteiger partial charge in [-0.1, -0.05) is 48.5 Å². The number of allylic oxidation sites excluding steroid dienone is 1. The number of aromatic nitrogens is 3. The van der Waals surface area contributed by atoms with Crippen molar-refractivity contribution in [2.45, 2.75) is 17.7 Å². The van der Waals surface area contributed by atoms with Gasteiger partial charge >= 0.3 is 0 Å². The number of hydrogen-bond donors (Lipinski definition) is 2. The van der Waals surface area contributed by atoms with E-state index in [4.69, 9.17) is 19.2 Å². The molecule has 2 N–H and O–H groups in total. The number of benzene rings is 4. The first-order valence-corrected chi connectivity index (χ1v) is 17.1. The largest absolute Gasteiger partial charge is 0.489 e. The maximum Gasteiger partial charge on any atom is 0.263 e. The monoisotopic (exact) mass is 685 g/mol. The second-order valence-electron chi connectivity index (χ2n) is 11.3. The van der Waals surface area contributed by atoms with E-state index in [1.807, 2.05) is 78.9 Å². The lowest BCUT2D eigenvalue weighted by molar-refractivity contribution is 0.102. The maximum atomic E-state index is 14.0. The van der Waals surface area contributed by atoms with Gasteiger partial charge in [0.05, 0.1) is 35.9 Å². The fraction of sp³-hybridized carbons (Fsp3) is 0.105. The molecule has 0 spiro atoms. The lowest BCUT2D eigenvalue weighted by Gasteiger charge is -2.14. The zero-order chi connectivity index (χ0) is 34.7. The standard InChI is InChI=1S/C38H31N5O6S/c1-47-35-36(39-23-40-38(35)48-2)43-50(45,46)29-18-16-26(17-19-29)41-37(44)33-30-13-6-7-14-32(30)42-34-25(15-20-31(33)34)21-24-9-8-12-28(22-24)49-27-10-4-3-5-11-27/h3-14,16-19,21-23H,15,20H2,1-2H3,(H,41,44)(H,39,40,43)/b25-21+. The number of ether oxygens (including phenoxy) is 3. The highest BCUT2D eigenvalue weighted by Gasteiger charge is 2.27. The Morgan fingerprint density at radius 1 is 0.820 bits per heavy atom. The van der Waals surface area contributed by atoms with Crippen molar-refractivity contribution >= 4 is 50.0 Å². The number of para-hydroxylation sites is 2. The van der Waals surface area contributed by atoms with Crippen molar-refractivity contribution in [3.8, 4) is 23.1 Å². The van der Waals surface area contributed by atoms with Crippen molar-refractivity contribution in [1.29, 1.82) is 0 Å². The Labute approximate surface area is 288 Å². The second kappa shape index (κ2) is 13.7. The molecular weight excluding hydrogens is 655 g/mol. The minimum Gasteiger partial charge on any atom is -0.489 e. The molecule has 11 nitrogen and oxygen atoms in total. The van der Waals surface area contributed by atoms with E-state index in [0.29, 0.717) is 29.6 Å². The van der Waals surface area contributed by atoms with Crippen molar-refractivity contribution < 1.29 is 27.4 Å². The summed E-state index contributed by atoms with van der Waals surface area (Å²) >= 11 is 0. The molecule has 0 fully saturated rings. The third-order valence-electron chi connectivity index (χ3n) is 8.17. The highest BCUT2D eigenvalue weighted by molar-refractivity contribution is 7.92. The number of amides is 1. The van der Waals surface area contributed by atoms with Gasteiger partial charge in [-0.2, -0.15) is 4.98 Å². The van der Waals surface area contributed by atoms with E-state index in [9.17, 15) is 13.2 Å². The fourth-order valence-corrected chi connectivity index (χ4v) is 6.90. The third-order valence-corrected chi connectivity index (χ3v) is 9.52. The number of anilines is 2. The zero-order valence-electron chi connectivity index (χ0n) is 27.1. The summed E-state index contributed by atoms with van der Waals surface area (Å²) in [5.41, 5.74) is 5.30. The first-order valence-electron chi connectivity index (χ1n) is 15.7. The SMILES string of the molecule is COc1ncnc(NS(=O)(=O)c2ccc(NC(=O)c3c4c(nc5ccccc35)/C(=C/c3cccc(Oc5ccccc5)c3)CC4)cc2)c1OC. The molecule has 7 rings (SSSR count). The Bertz CT molecular complexity index is 2360. The van der Waals surface area contributed by atoms with E-state index < -0.39 is 10.0 Å². The number of methoxy groups -OCH3 is 2. The lowest BCUT2D eigenvalue weighted by atomic mass is 9.99. The topological polar surface area (TPSA) is 142 Å². The van der Waals surface area contributed by atoms with Crippen LogP contribution in [0.1, 0.15) is 33.6 Å². The van der Waals surface area contributed by atoms with Crippen LogP contribution in [0.4, 0.5) is 11.5 Å². The van der Waals surface area contributed by atoms with E-state index >= 15 is 0 Å². The van der Waals surface area contributed by atoms with Gasteiger partial charge in [0, 0.05) is 11.1 Å². The molecule has 1 aliphatic carbocycles. The van der Waals surface area contributed by atoms with Gasteiger partial charge in [0.1, 0.15) is 17.8 Å². The fourth-order valence-electron chi connectivity index (χ4n) is 5.89. The van der Waals surface area contributed by atoms with Gasteiger partial charge in [-0.05, 0) is 90.2 Å². The Balaban J connectivity index is 1.15. The molecule has 1 amide bonds. The van der Waals surface area contributed by atoms with Gasteiger partial charge in [-0.15, -0.1) is 0 Å². The molecule has 0 saturated carbocycles. The number of carbonyl (C=O) groups is 1. The van der Waals surface area contributed by atoms with Gasteiger partial charge in [0.25, 0.3) is 21.8 Å². The molecule has 0 aliphatic heterocycles. The minimum atomic E-state index is -4.07. The molecule has 0 atom stereocenters. The number of sulfonamides is 1. The highest BCUT2D eigenvalue weighted by Crippen LogP contribution is 2.38. The van der Waals surface area contributed by atoms with Crippen LogP contribution in [-0.2, 0) is 16.4 Å². The van der Waals surface area contributed by atoms with Crippen LogP contribution in [0.2, 0.25) is 0 Å². The number of hydrogen-bond acceptors (Lipinski definition) is 9. The molecule has 0 radical (unpaired) electrons. The summed E-state index contributed by atoms with van der Waals surface area (Å²) in [6.45, 7) is 0. The number of nitrogens with zero attached hydrogens (tertiary/aromatic N) is 3. The molecule has 0 bridgehead atoms. The Hall–Kier alpha value is -6.27. The molecular formula is C38H31N5O6S. The molecule has 0 saturated heterocycles. The van der Waals surface area contributed by atoms with Crippen molar-refractivity contribution in [3.05, 3.63) is 132 Å². The second-order valence-corrected chi connectivity index (χ2v) is 13.0. The van der Waals surface area contributed by atoms with Crippen LogP contribution < -0.4 is 24.2 Å². The van der Waals surface area contributed by atoms with Gasteiger partial charge < -0.3 is 19.5 Å². The Morgan fingerprint density at radius 2 is 1.58 bits per heavy atom. The van der Waals surface area contributed by atoms with E-state index in [-0.39, 0.29) is 28.3 Å². The lowest BCUT2D eigenvalue weighted by Crippen LogP contribution is -2.17. The summed E-state index contributed by atoms with van der Waals surface area (Å²) in [5, 5.41) is 3.70. The maximum absolute atomic E-state index is 14.0. The third kappa shape index (κ3) is 6.56. The molecule has 50 heavy (non-hydrogen) atoms. The Morgan fingerprint density at radius 3 is 2.36 bits per heavy atom. The molecule has 2 heterocycles. The molecule has 12 heteroatoms. The average molecular weight is 686 g/mol. The molecule has 250 valence electrons. The first kappa shape index (κ1) is 32.3. The smallest absolute Gasteiger partial charge is 0.263 e. The predicted molar refractivity (Wildman–Crippen MR) is 191 cm³/mol. The summed E-state index contributed by atoms with van der Waals surface area (Å²) in [6.07, 6.45) is 4.61. The molecule has 1 aliphatic rings.